The summed E-state index contributed by atoms with van der Waals surface area (Å²) in [5, 5.41) is 2.58. The molecule has 2 rings (SSSR count). The highest BCUT2D eigenvalue weighted by molar-refractivity contribution is 5.82. The molecule has 0 spiro atoms. The number of methoxy groups -OCH3 is 2. The summed E-state index contributed by atoms with van der Waals surface area (Å²) in [5.74, 6) is 0.0706. The zero-order chi connectivity index (χ0) is 20.7. The highest BCUT2D eigenvalue weighted by Crippen LogP contribution is 2.28. The van der Waals surface area contributed by atoms with Crippen LogP contribution in [0.3, 0.4) is 0 Å². The maximum absolute atomic E-state index is 12.2. The van der Waals surface area contributed by atoms with Crippen molar-refractivity contribution in [1.29, 1.82) is 0 Å². The lowest BCUT2D eigenvalue weighted by Gasteiger charge is -2.23. The van der Waals surface area contributed by atoms with Crippen molar-refractivity contribution in [1.82, 2.24) is 5.32 Å². The molecule has 0 bridgehead atoms. The van der Waals surface area contributed by atoms with E-state index in [1.165, 1.54) is 7.11 Å². The molecule has 0 heterocycles. The van der Waals surface area contributed by atoms with Crippen molar-refractivity contribution in [2.45, 2.75) is 38.8 Å². The predicted molar refractivity (Wildman–Crippen MR) is 107 cm³/mol. The Balaban J connectivity index is 2.23. The third-order valence-corrected chi connectivity index (χ3v) is 3.99. The molecule has 150 valence electrons. The molecule has 28 heavy (non-hydrogen) atoms. The van der Waals surface area contributed by atoms with Crippen molar-refractivity contribution < 1.29 is 23.8 Å². The van der Waals surface area contributed by atoms with Gasteiger partial charge in [-0.05, 0) is 43.5 Å². The smallest absolute Gasteiger partial charge is 0.408 e. The zero-order valence-electron chi connectivity index (χ0n) is 16.9. The summed E-state index contributed by atoms with van der Waals surface area (Å²) in [6.45, 7) is 5.27. The van der Waals surface area contributed by atoms with E-state index in [9.17, 15) is 9.59 Å². The normalized spacial score (nSPS) is 12.0. The molecule has 0 saturated carbocycles. The topological polar surface area (TPSA) is 73.9 Å². The quantitative estimate of drug-likeness (QED) is 0.762. The second-order valence-electron chi connectivity index (χ2n) is 7.32. The fourth-order valence-corrected chi connectivity index (χ4v) is 2.73. The minimum atomic E-state index is -0.892. The molecule has 2 aromatic carbocycles. The van der Waals surface area contributed by atoms with E-state index in [0.29, 0.717) is 5.75 Å². The van der Waals surface area contributed by atoms with E-state index < -0.39 is 23.7 Å². The number of hydrogen-bond donors (Lipinski definition) is 1. The van der Waals surface area contributed by atoms with Gasteiger partial charge in [0.15, 0.2) is 0 Å². The molecule has 0 aliphatic rings. The summed E-state index contributed by atoms with van der Waals surface area (Å²) >= 11 is 0. The van der Waals surface area contributed by atoms with Crippen LogP contribution in [0.1, 0.15) is 26.3 Å². The average molecular weight is 385 g/mol. The first kappa shape index (κ1) is 21.3. The molecule has 1 N–H and O–H groups in total. The summed E-state index contributed by atoms with van der Waals surface area (Å²) in [4.78, 5) is 24.3. The number of nitrogens with one attached hydrogen (secondary N) is 1. The van der Waals surface area contributed by atoms with E-state index in [1.54, 1.807) is 27.9 Å². The number of rotatable bonds is 6. The molecule has 6 heteroatoms. The van der Waals surface area contributed by atoms with Gasteiger partial charge >= 0.3 is 12.1 Å². The van der Waals surface area contributed by atoms with Crippen LogP contribution in [0, 0.1) is 0 Å². The Bertz CT molecular complexity index is 811. The van der Waals surface area contributed by atoms with Crippen LogP contribution < -0.4 is 10.1 Å². The molecule has 0 aliphatic carbocycles. The van der Waals surface area contributed by atoms with Crippen LogP contribution in [0.5, 0.6) is 5.75 Å². The van der Waals surface area contributed by atoms with Gasteiger partial charge in [0.25, 0.3) is 0 Å². The van der Waals surface area contributed by atoms with E-state index in [0.717, 1.165) is 16.7 Å². The van der Waals surface area contributed by atoms with Crippen LogP contribution >= 0.6 is 0 Å². The molecule has 0 fully saturated rings. The van der Waals surface area contributed by atoms with Gasteiger partial charge in [-0.2, -0.15) is 0 Å². The van der Waals surface area contributed by atoms with Gasteiger partial charge in [0.2, 0.25) is 0 Å². The van der Waals surface area contributed by atoms with Crippen molar-refractivity contribution in [2.24, 2.45) is 0 Å². The van der Waals surface area contributed by atoms with Gasteiger partial charge in [-0.3, -0.25) is 0 Å². The molecule has 0 aliphatic heterocycles. The van der Waals surface area contributed by atoms with E-state index in [4.69, 9.17) is 14.2 Å². The fourth-order valence-electron chi connectivity index (χ4n) is 2.73. The van der Waals surface area contributed by atoms with Crippen LogP contribution in [0.2, 0.25) is 0 Å². The van der Waals surface area contributed by atoms with Crippen LogP contribution in [0.4, 0.5) is 4.79 Å². The molecule has 6 nitrogen and oxygen atoms in total. The Labute approximate surface area is 165 Å². The number of esters is 1. The van der Waals surface area contributed by atoms with Crippen LogP contribution in [-0.4, -0.2) is 37.9 Å². The van der Waals surface area contributed by atoms with Crippen LogP contribution in [0.25, 0.3) is 11.1 Å². The lowest BCUT2D eigenvalue weighted by Crippen LogP contribution is -2.45. The van der Waals surface area contributed by atoms with Gasteiger partial charge in [-0.25, -0.2) is 9.59 Å². The Morgan fingerprint density at radius 3 is 2.25 bits per heavy atom. The molecule has 1 amide bonds. The fraction of sp³-hybridized carbons (Fsp3) is 0.364. The standard InChI is InChI=1S/C22H27NO5/c1-22(2,3)28-21(25)23-18(20(24)27-5)13-17-12-11-16(14-19(17)26-4)15-9-7-6-8-10-15/h6-12,14,18H,13H2,1-5H3,(H,23,25)/t18-/m0/s1. The van der Waals surface area contributed by atoms with Crippen molar-refractivity contribution in [3.63, 3.8) is 0 Å². The van der Waals surface area contributed by atoms with Crippen molar-refractivity contribution in [3.05, 3.63) is 54.1 Å². The number of amides is 1. The number of carbonyl (C=O) groups excluding carboxylic acids is 2. The van der Waals surface area contributed by atoms with Gasteiger partial charge in [-0.1, -0.05) is 42.5 Å². The number of alkyl carbamates (subject to hydrolysis) is 1. The Kier molecular flexibility index (Phi) is 7.04. The maximum atomic E-state index is 12.2. The summed E-state index contributed by atoms with van der Waals surface area (Å²) < 4.78 is 15.6. The third-order valence-electron chi connectivity index (χ3n) is 3.99. The Morgan fingerprint density at radius 2 is 1.68 bits per heavy atom. The number of carbonyl (C=O) groups is 2. The predicted octanol–water partition coefficient (Wildman–Crippen LogP) is 3.97. The van der Waals surface area contributed by atoms with Gasteiger partial charge in [0.1, 0.15) is 17.4 Å². The summed E-state index contributed by atoms with van der Waals surface area (Å²) in [7, 11) is 2.85. The van der Waals surface area contributed by atoms with Gasteiger partial charge in [0.05, 0.1) is 14.2 Å². The average Bonchev–Trinajstić information content (AvgIpc) is 2.66. The molecule has 2 aromatic rings. The highest BCUT2D eigenvalue weighted by Gasteiger charge is 2.26. The second-order valence-corrected chi connectivity index (χ2v) is 7.32. The summed E-state index contributed by atoms with van der Waals surface area (Å²) in [6, 6.07) is 14.8. The highest BCUT2D eigenvalue weighted by atomic mass is 16.6. The lowest BCUT2D eigenvalue weighted by atomic mass is 9.99. The summed E-state index contributed by atoms with van der Waals surface area (Å²) in [5.41, 5.74) is 2.16. The van der Waals surface area contributed by atoms with Crippen LogP contribution in [-0.2, 0) is 20.7 Å². The van der Waals surface area contributed by atoms with Gasteiger partial charge < -0.3 is 19.5 Å². The minimum absolute atomic E-state index is 0.212. The minimum Gasteiger partial charge on any atom is -0.496 e. The maximum Gasteiger partial charge on any atom is 0.408 e. The first-order chi connectivity index (χ1) is 13.2. The SMILES string of the molecule is COC(=O)[C@H](Cc1ccc(-c2ccccc2)cc1OC)NC(=O)OC(C)(C)C. The van der Waals surface area contributed by atoms with Crippen molar-refractivity contribution >= 4 is 12.1 Å². The number of hydrogen-bond acceptors (Lipinski definition) is 5. The first-order valence-electron chi connectivity index (χ1n) is 9.03. The molecule has 0 unspecified atom stereocenters. The third kappa shape index (κ3) is 6.01. The monoisotopic (exact) mass is 385 g/mol. The van der Waals surface area contributed by atoms with E-state index in [2.05, 4.69) is 5.32 Å². The molecule has 1 atom stereocenters. The second kappa shape index (κ2) is 9.26. The zero-order valence-corrected chi connectivity index (χ0v) is 16.9. The molecule has 0 saturated heterocycles. The largest absolute Gasteiger partial charge is 0.496 e. The molecular weight excluding hydrogens is 358 g/mol. The van der Waals surface area contributed by atoms with Crippen LogP contribution in [0.15, 0.2) is 48.5 Å². The Morgan fingerprint density at radius 1 is 1.00 bits per heavy atom. The van der Waals surface area contributed by atoms with Gasteiger partial charge in [0, 0.05) is 6.42 Å². The van der Waals surface area contributed by atoms with Crippen molar-refractivity contribution in [3.8, 4) is 16.9 Å². The molecule has 0 radical (unpaired) electrons. The Hall–Kier alpha value is -3.02. The van der Waals surface area contributed by atoms with E-state index >= 15 is 0 Å². The lowest BCUT2D eigenvalue weighted by molar-refractivity contribution is -0.143. The molecule has 0 aromatic heterocycles. The van der Waals surface area contributed by atoms with Gasteiger partial charge in [-0.15, -0.1) is 0 Å². The summed E-state index contributed by atoms with van der Waals surface area (Å²) in [6.07, 6.45) is -0.466. The number of ether oxygens (including phenoxy) is 3. The van der Waals surface area contributed by atoms with E-state index in [-0.39, 0.29) is 6.42 Å². The number of benzene rings is 2. The van der Waals surface area contributed by atoms with E-state index in [1.807, 2.05) is 48.5 Å². The van der Waals surface area contributed by atoms with Crippen molar-refractivity contribution in [2.75, 3.05) is 14.2 Å². The first-order valence-corrected chi connectivity index (χ1v) is 9.03. The molecular formula is C22H27NO5.